The third kappa shape index (κ3) is 4.40. The van der Waals surface area contributed by atoms with Gasteiger partial charge in [0.2, 0.25) is 5.91 Å². The van der Waals surface area contributed by atoms with Crippen molar-refractivity contribution < 1.29 is 23.2 Å². The van der Waals surface area contributed by atoms with Gasteiger partial charge in [0.05, 0.1) is 10.6 Å². The van der Waals surface area contributed by atoms with Crippen LogP contribution in [0, 0.1) is 5.82 Å². The fraction of sp³-hybridized carbons (Fsp3) is 0.286. The van der Waals surface area contributed by atoms with Crippen LogP contribution in [0.3, 0.4) is 0 Å². The molecule has 4 rings (SSSR count). The lowest BCUT2D eigenvalue weighted by atomic mass is 10.1. The van der Waals surface area contributed by atoms with Crippen molar-refractivity contribution in [2.75, 3.05) is 29.9 Å². The van der Waals surface area contributed by atoms with Gasteiger partial charge in [-0.15, -0.1) is 0 Å². The van der Waals surface area contributed by atoms with E-state index in [9.17, 15) is 18.8 Å². The smallest absolute Gasteiger partial charge is 0.294 e. The van der Waals surface area contributed by atoms with Crippen LogP contribution in [0.2, 0.25) is 0 Å². The molecule has 0 atom stereocenters. The van der Waals surface area contributed by atoms with Crippen molar-refractivity contribution in [3.63, 3.8) is 0 Å². The van der Waals surface area contributed by atoms with E-state index in [1.165, 1.54) is 30.7 Å². The normalized spacial score (nSPS) is 18.4. The Bertz CT molecular complexity index is 1010. The lowest BCUT2D eigenvalue weighted by Gasteiger charge is -2.25. The van der Waals surface area contributed by atoms with Crippen molar-refractivity contribution in [1.29, 1.82) is 0 Å². The summed E-state index contributed by atoms with van der Waals surface area (Å²) in [6.07, 6.45) is 4.95. The second-order valence-electron chi connectivity index (χ2n) is 7.02. The fourth-order valence-electron chi connectivity index (χ4n) is 3.37. The second-order valence-corrected chi connectivity index (χ2v) is 8.01. The number of nitrogens with zero attached hydrogens (tertiary/aromatic N) is 2. The molecule has 3 heterocycles. The van der Waals surface area contributed by atoms with Crippen LogP contribution >= 0.6 is 11.8 Å². The zero-order valence-electron chi connectivity index (χ0n) is 16.1. The number of amides is 3. The first-order valence-corrected chi connectivity index (χ1v) is 10.5. The molecule has 0 bridgehead atoms. The predicted molar refractivity (Wildman–Crippen MR) is 112 cm³/mol. The predicted octanol–water partition coefficient (Wildman–Crippen LogP) is 4.08. The summed E-state index contributed by atoms with van der Waals surface area (Å²) < 4.78 is 19.5. The topological polar surface area (TPSA) is 82.9 Å². The van der Waals surface area contributed by atoms with Crippen LogP contribution in [0.15, 0.2) is 45.7 Å². The Hall–Kier alpha value is -3.07. The number of piperidine rings is 1. The molecule has 2 aromatic rings. The van der Waals surface area contributed by atoms with E-state index >= 15 is 0 Å². The molecule has 0 unspecified atom stereocenters. The van der Waals surface area contributed by atoms with Gasteiger partial charge in [0.1, 0.15) is 18.1 Å². The molecule has 0 radical (unpaired) electrons. The Morgan fingerprint density at radius 1 is 1.13 bits per heavy atom. The summed E-state index contributed by atoms with van der Waals surface area (Å²) in [6, 6.07) is 9.28. The van der Waals surface area contributed by atoms with Gasteiger partial charge >= 0.3 is 0 Å². The monoisotopic (exact) mass is 429 g/mol. The maximum atomic E-state index is 13.7. The number of hydrogen-bond donors (Lipinski definition) is 1. The highest BCUT2D eigenvalue weighted by Gasteiger charge is 2.36. The molecule has 1 N–H and O–H groups in total. The largest absolute Gasteiger partial charge is 0.441 e. The van der Waals surface area contributed by atoms with E-state index in [-0.39, 0.29) is 10.6 Å². The van der Waals surface area contributed by atoms with Gasteiger partial charge in [-0.25, -0.2) is 4.39 Å². The standard InChI is InChI=1S/C21H20FN3O4S/c22-15-6-2-3-7-16(15)23-18(26)13-25-20(27)17(30-21(25)28)12-14-8-9-19(29-14)24-10-4-1-5-11-24/h2-3,6-9,12H,1,4-5,10-11,13H2,(H,23,26)/b17-12-. The van der Waals surface area contributed by atoms with Crippen molar-refractivity contribution in [2.24, 2.45) is 0 Å². The van der Waals surface area contributed by atoms with Gasteiger partial charge in [0.15, 0.2) is 5.88 Å². The second kappa shape index (κ2) is 8.74. The summed E-state index contributed by atoms with van der Waals surface area (Å²) in [7, 11) is 0. The van der Waals surface area contributed by atoms with E-state index < -0.39 is 29.4 Å². The number of furan rings is 1. The van der Waals surface area contributed by atoms with E-state index in [0.717, 1.165) is 48.5 Å². The highest BCUT2D eigenvalue weighted by Crippen LogP contribution is 2.33. The van der Waals surface area contributed by atoms with Crippen molar-refractivity contribution in [3.8, 4) is 0 Å². The quantitative estimate of drug-likeness (QED) is 0.721. The van der Waals surface area contributed by atoms with Crippen LogP contribution in [0.5, 0.6) is 0 Å². The van der Waals surface area contributed by atoms with Gasteiger partial charge in [-0.2, -0.15) is 0 Å². The van der Waals surface area contributed by atoms with Crippen LogP contribution in [0.25, 0.3) is 6.08 Å². The minimum absolute atomic E-state index is 0.00848. The first-order chi connectivity index (χ1) is 14.5. The van der Waals surface area contributed by atoms with Crippen LogP contribution in [0.1, 0.15) is 25.0 Å². The highest BCUT2D eigenvalue weighted by molar-refractivity contribution is 8.18. The minimum atomic E-state index is -0.658. The lowest BCUT2D eigenvalue weighted by Crippen LogP contribution is -2.36. The fourth-order valence-corrected chi connectivity index (χ4v) is 4.18. The summed E-state index contributed by atoms with van der Waals surface area (Å²) in [5.41, 5.74) is -0.00848. The number of para-hydroxylation sites is 1. The molecule has 9 heteroatoms. The van der Waals surface area contributed by atoms with Gasteiger partial charge < -0.3 is 14.6 Å². The van der Waals surface area contributed by atoms with Gasteiger partial charge in [0, 0.05) is 25.2 Å². The average Bonchev–Trinajstić information content (AvgIpc) is 3.31. The number of rotatable bonds is 5. The molecule has 2 fully saturated rings. The molecule has 2 saturated heterocycles. The Labute approximate surface area is 176 Å². The maximum absolute atomic E-state index is 13.7. The van der Waals surface area contributed by atoms with E-state index in [1.54, 1.807) is 12.1 Å². The Morgan fingerprint density at radius 3 is 2.67 bits per heavy atom. The zero-order chi connectivity index (χ0) is 21.1. The Morgan fingerprint density at radius 2 is 1.90 bits per heavy atom. The van der Waals surface area contributed by atoms with Crippen LogP contribution in [-0.2, 0) is 9.59 Å². The maximum Gasteiger partial charge on any atom is 0.294 e. The summed E-state index contributed by atoms with van der Waals surface area (Å²) in [4.78, 5) is 40.2. The average molecular weight is 429 g/mol. The zero-order valence-corrected chi connectivity index (χ0v) is 16.9. The molecule has 3 amide bonds. The van der Waals surface area contributed by atoms with Gasteiger partial charge in [-0.3, -0.25) is 19.3 Å². The first kappa shape index (κ1) is 20.2. The molecule has 2 aliphatic rings. The van der Waals surface area contributed by atoms with Gasteiger partial charge in [-0.1, -0.05) is 12.1 Å². The molecule has 1 aromatic carbocycles. The molecule has 2 aliphatic heterocycles. The van der Waals surface area contributed by atoms with E-state index in [2.05, 4.69) is 10.2 Å². The molecule has 7 nitrogen and oxygen atoms in total. The Balaban J connectivity index is 1.41. The van der Waals surface area contributed by atoms with Crippen LogP contribution < -0.4 is 10.2 Å². The Kier molecular flexibility index (Phi) is 5.89. The number of hydrogen-bond acceptors (Lipinski definition) is 6. The number of imide groups is 1. The van der Waals surface area contributed by atoms with Crippen molar-refractivity contribution in [2.45, 2.75) is 19.3 Å². The van der Waals surface area contributed by atoms with Crippen LogP contribution in [0.4, 0.5) is 20.8 Å². The van der Waals surface area contributed by atoms with E-state index in [1.807, 2.05) is 6.07 Å². The highest BCUT2D eigenvalue weighted by atomic mass is 32.2. The first-order valence-electron chi connectivity index (χ1n) is 9.66. The lowest BCUT2D eigenvalue weighted by molar-refractivity contribution is -0.127. The summed E-state index contributed by atoms with van der Waals surface area (Å²) >= 11 is 0.744. The number of nitrogens with one attached hydrogen (secondary N) is 1. The third-order valence-corrected chi connectivity index (χ3v) is 5.78. The molecule has 0 aliphatic carbocycles. The number of carbonyl (C=O) groups is 3. The molecule has 30 heavy (non-hydrogen) atoms. The third-order valence-electron chi connectivity index (χ3n) is 4.88. The summed E-state index contributed by atoms with van der Waals surface area (Å²) in [5, 5.41) is 1.81. The molecular formula is C21H20FN3O4S. The number of halogens is 1. The van der Waals surface area contributed by atoms with Crippen molar-refractivity contribution >= 4 is 46.5 Å². The molecule has 0 saturated carbocycles. The SMILES string of the molecule is O=C(CN1C(=O)S/C(=C\c2ccc(N3CCCCC3)o2)C1=O)Nc1ccccc1F. The summed E-state index contributed by atoms with van der Waals surface area (Å²) in [6.45, 7) is 1.37. The minimum Gasteiger partial charge on any atom is -0.441 e. The number of carbonyl (C=O) groups excluding carboxylic acids is 3. The molecular weight excluding hydrogens is 409 g/mol. The molecule has 156 valence electrons. The van der Waals surface area contributed by atoms with Gasteiger partial charge in [-0.05, 0) is 49.2 Å². The number of anilines is 2. The molecule has 0 spiro atoms. The van der Waals surface area contributed by atoms with Crippen molar-refractivity contribution in [3.05, 3.63) is 52.9 Å². The van der Waals surface area contributed by atoms with Gasteiger partial charge in [0.25, 0.3) is 11.1 Å². The molecule has 1 aromatic heterocycles. The number of benzene rings is 1. The van der Waals surface area contributed by atoms with Crippen LogP contribution in [-0.4, -0.2) is 41.6 Å². The van der Waals surface area contributed by atoms with E-state index in [4.69, 9.17) is 4.42 Å². The van der Waals surface area contributed by atoms with E-state index in [0.29, 0.717) is 5.76 Å². The summed E-state index contributed by atoms with van der Waals surface area (Å²) in [5.74, 6) is -0.623. The number of thioether (sulfide) groups is 1. The van der Waals surface area contributed by atoms with Crippen molar-refractivity contribution in [1.82, 2.24) is 4.90 Å².